The third-order valence-electron chi connectivity index (χ3n) is 16.2. The first kappa shape index (κ1) is 88.8. The highest BCUT2D eigenvalue weighted by molar-refractivity contribution is 8.00. The Hall–Kier alpha value is 0.970. The molecule has 0 atom stereocenters. The fourth-order valence-electron chi connectivity index (χ4n) is 10.4. The normalized spacial score (nSPS) is 16.0. The van der Waals surface area contributed by atoms with E-state index in [9.17, 15) is 0 Å². The van der Waals surface area contributed by atoms with Gasteiger partial charge in [0.1, 0.15) is 0 Å². The number of thioether (sulfide) groups is 5. The molecule has 2 aliphatic rings. The van der Waals surface area contributed by atoms with Gasteiger partial charge in [-0.15, -0.1) is 0 Å². The van der Waals surface area contributed by atoms with Crippen LogP contribution in [0.4, 0.5) is 0 Å². The van der Waals surface area contributed by atoms with Crippen molar-refractivity contribution in [3.05, 3.63) is 35.4 Å². The van der Waals surface area contributed by atoms with E-state index in [2.05, 4.69) is 266 Å². The smallest absolute Gasteiger partial charge is 0.0349 e. The highest BCUT2D eigenvalue weighted by Gasteiger charge is 2.51. The summed E-state index contributed by atoms with van der Waals surface area (Å²) in [6.45, 7) is 63.5. The molecule has 0 aromatic heterocycles. The Bertz CT molecular complexity index is 1530. The quantitative estimate of drug-likeness (QED) is 0.171. The van der Waals surface area contributed by atoms with Crippen LogP contribution in [0.5, 0.6) is 0 Å². The second-order valence-corrected chi connectivity index (χ2v) is 38.3. The average molecular weight is 1140 g/mol. The number of hydrogen-bond acceptors (Lipinski definition) is 5. The highest BCUT2D eigenvalue weighted by atomic mass is 32.2. The lowest BCUT2D eigenvalue weighted by Crippen LogP contribution is -2.48. The summed E-state index contributed by atoms with van der Waals surface area (Å²) in [5.41, 5.74) is 6.69. The lowest BCUT2D eigenvalue weighted by atomic mass is 9.56. The topological polar surface area (TPSA) is 0 Å². The second kappa shape index (κ2) is 34.4. The molecule has 2 aliphatic carbocycles. The molecule has 0 N–H and O–H groups in total. The Morgan fingerprint density at radius 3 is 0.959 bits per heavy atom. The van der Waals surface area contributed by atoms with Gasteiger partial charge in [0.15, 0.2) is 0 Å². The molecular formula is C69H146S5. The van der Waals surface area contributed by atoms with Crippen LogP contribution in [0.15, 0.2) is 24.3 Å². The van der Waals surface area contributed by atoms with Gasteiger partial charge in [-0.3, -0.25) is 0 Å². The molecule has 3 rings (SSSR count). The Morgan fingerprint density at radius 1 is 0.378 bits per heavy atom. The van der Waals surface area contributed by atoms with Crippen LogP contribution in [-0.2, 0) is 11.2 Å². The molecule has 2 saturated carbocycles. The van der Waals surface area contributed by atoms with Crippen molar-refractivity contribution in [3.63, 3.8) is 0 Å². The predicted octanol–water partition coefficient (Wildman–Crippen LogP) is 26.5. The fraction of sp³-hybridized carbons (Fsp3) is 0.913. The van der Waals surface area contributed by atoms with Crippen LogP contribution in [0.3, 0.4) is 0 Å². The molecule has 2 fully saturated rings. The third kappa shape index (κ3) is 33.7. The maximum absolute atomic E-state index is 2.45. The van der Waals surface area contributed by atoms with Gasteiger partial charge in [-0.05, 0) is 164 Å². The third-order valence-corrected chi connectivity index (χ3v) is 23.3. The van der Waals surface area contributed by atoms with E-state index in [1.165, 1.54) is 88.2 Å². The zero-order chi connectivity index (χ0) is 55.2. The van der Waals surface area contributed by atoms with E-state index < -0.39 is 0 Å². The van der Waals surface area contributed by atoms with Gasteiger partial charge in [0.2, 0.25) is 0 Å². The SMILES string of the molecule is C.C.C.C.C.CSC(C)(C)C(C)(C)CC(C)(C)C.CSC(C)(C)C1(CC(C)(C)C)CCC1.CSC(C)(C)C1(CC(C)(C)C)CCCC1.CSC(C)(C)CCC(C)(C)C.CSC(C)(C)c1ccc(CC(C)(C)C)cc1. The number of hydrogen-bond donors (Lipinski definition) is 0. The first-order chi connectivity index (χ1) is 30.5. The molecular weight excluding hydrogens is 989 g/mol. The van der Waals surface area contributed by atoms with Crippen LogP contribution in [-0.4, -0.2) is 50.3 Å². The first-order valence-electron chi connectivity index (χ1n) is 27.3. The van der Waals surface area contributed by atoms with Crippen molar-refractivity contribution in [3.8, 4) is 0 Å². The van der Waals surface area contributed by atoms with Gasteiger partial charge in [-0.2, -0.15) is 58.8 Å². The van der Waals surface area contributed by atoms with Crippen molar-refractivity contribution >= 4 is 58.8 Å². The summed E-state index contributed by atoms with van der Waals surface area (Å²) in [6, 6.07) is 9.10. The molecule has 5 heteroatoms. The molecule has 74 heavy (non-hydrogen) atoms. The molecule has 452 valence electrons. The molecule has 0 radical (unpaired) electrons. The van der Waals surface area contributed by atoms with Crippen LogP contribution in [0, 0.1) is 43.3 Å². The summed E-state index contributed by atoms with van der Waals surface area (Å²) >= 11 is 9.96. The number of rotatable bonds is 15. The van der Waals surface area contributed by atoms with Gasteiger partial charge in [0.05, 0.1) is 0 Å². The molecule has 0 amide bonds. The van der Waals surface area contributed by atoms with E-state index in [4.69, 9.17) is 0 Å². The first-order valence-corrected chi connectivity index (χ1v) is 33.5. The fourth-order valence-corrected chi connectivity index (χ4v) is 13.2. The van der Waals surface area contributed by atoms with Crippen LogP contribution in [0.25, 0.3) is 0 Å². The van der Waals surface area contributed by atoms with Crippen molar-refractivity contribution in [2.24, 2.45) is 43.3 Å². The molecule has 1 aromatic carbocycles. The van der Waals surface area contributed by atoms with Crippen molar-refractivity contribution in [1.82, 2.24) is 0 Å². The van der Waals surface area contributed by atoms with Gasteiger partial charge < -0.3 is 0 Å². The molecule has 0 bridgehead atoms. The highest BCUT2D eigenvalue weighted by Crippen LogP contribution is 2.60. The Labute approximate surface area is 496 Å². The summed E-state index contributed by atoms with van der Waals surface area (Å²) in [5.74, 6) is 0. The molecule has 1 aromatic rings. The van der Waals surface area contributed by atoms with Crippen LogP contribution in [0.1, 0.15) is 312 Å². The van der Waals surface area contributed by atoms with Crippen LogP contribution >= 0.6 is 58.8 Å². The van der Waals surface area contributed by atoms with Gasteiger partial charge in [0, 0.05) is 23.7 Å². The molecule has 0 saturated heterocycles. The van der Waals surface area contributed by atoms with Crippen molar-refractivity contribution in [2.45, 2.75) is 331 Å². The van der Waals surface area contributed by atoms with Gasteiger partial charge in [0.25, 0.3) is 0 Å². The average Bonchev–Trinajstić information content (AvgIpc) is 3.63. The van der Waals surface area contributed by atoms with Crippen LogP contribution in [0.2, 0.25) is 0 Å². The number of benzene rings is 1. The van der Waals surface area contributed by atoms with Crippen molar-refractivity contribution in [2.75, 3.05) is 31.3 Å². The summed E-state index contributed by atoms with van der Waals surface area (Å²) in [6.07, 6.45) is 29.1. The zero-order valence-electron chi connectivity index (χ0n) is 53.0. The van der Waals surface area contributed by atoms with Gasteiger partial charge in [-0.25, -0.2) is 0 Å². The van der Waals surface area contributed by atoms with E-state index in [-0.39, 0.29) is 41.9 Å². The Morgan fingerprint density at radius 2 is 0.730 bits per heavy atom. The van der Waals surface area contributed by atoms with Crippen LogP contribution < -0.4 is 0 Å². The minimum atomic E-state index is 0. The van der Waals surface area contributed by atoms with E-state index in [1.54, 1.807) is 0 Å². The van der Waals surface area contributed by atoms with Crippen molar-refractivity contribution < 1.29 is 0 Å². The summed E-state index contributed by atoms with van der Waals surface area (Å²) in [4.78, 5) is 0. The minimum Gasteiger partial charge on any atom is -0.159 e. The summed E-state index contributed by atoms with van der Waals surface area (Å²) in [7, 11) is 0. The molecule has 0 aliphatic heterocycles. The Balaban J connectivity index is -0.000000150. The lowest BCUT2D eigenvalue weighted by Gasteiger charge is -2.55. The maximum Gasteiger partial charge on any atom is 0.0349 e. The van der Waals surface area contributed by atoms with E-state index in [0.29, 0.717) is 62.3 Å². The van der Waals surface area contributed by atoms with Gasteiger partial charge >= 0.3 is 0 Å². The molecule has 0 unspecified atom stereocenters. The van der Waals surface area contributed by atoms with Gasteiger partial charge in [-0.1, -0.05) is 254 Å². The zero-order valence-corrected chi connectivity index (χ0v) is 57.1. The molecule has 0 heterocycles. The second-order valence-electron chi connectivity index (χ2n) is 31.0. The Kier molecular flexibility index (Phi) is 41.3. The van der Waals surface area contributed by atoms with E-state index in [1.807, 2.05) is 35.3 Å². The molecule has 0 nitrogen and oxygen atoms in total. The molecule has 0 spiro atoms. The largest absolute Gasteiger partial charge is 0.159 e. The predicted molar refractivity (Wildman–Crippen MR) is 372 cm³/mol. The van der Waals surface area contributed by atoms with E-state index >= 15 is 0 Å². The monoisotopic (exact) mass is 1140 g/mol. The van der Waals surface area contributed by atoms with E-state index in [0.717, 1.165) is 6.42 Å². The van der Waals surface area contributed by atoms with Crippen molar-refractivity contribution in [1.29, 1.82) is 0 Å². The lowest BCUT2D eigenvalue weighted by molar-refractivity contribution is 0.0373. The standard InChI is InChI=1S/C15H24S.C14H28S.C13H26S.C12H26S.C10H22S.5CH4/c1-14(2,3)11-12-7-9-13(10-8-12)15(4,5)16-6;1-12(2,3)11-14(9-7-8-10-14)13(4,5)15-6;1-11(2,3)10-13(8-7-9-13)12(4,5)14-6;1-10(2,3)9-11(4,5)12(6,7)13-8;1-9(2,3)7-8-10(4,5)11-6;;;;;/h7-10H,11H2,1-6H3;7-11H2,1-6H3;7-10H2,1-6H3;9H2,1-8H3;7-8H2,1-6H3;5*1H4. The summed E-state index contributed by atoms with van der Waals surface area (Å²) < 4.78 is 1.95. The summed E-state index contributed by atoms with van der Waals surface area (Å²) in [5, 5.41) is 0. The maximum atomic E-state index is 2.45. The minimum absolute atomic E-state index is 0.